The molecule has 0 saturated carbocycles. The van der Waals surface area contributed by atoms with Crippen molar-refractivity contribution in [1.82, 2.24) is 10.2 Å². The number of nitrogens with zero attached hydrogens (tertiary/aromatic N) is 2. The van der Waals surface area contributed by atoms with Crippen molar-refractivity contribution in [3.05, 3.63) is 70.8 Å². The van der Waals surface area contributed by atoms with Crippen LogP contribution in [-0.2, 0) is 12.8 Å². The van der Waals surface area contributed by atoms with Crippen LogP contribution in [0.4, 0.5) is 11.5 Å². The van der Waals surface area contributed by atoms with Crippen molar-refractivity contribution < 1.29 is 9.21 Å². The van der Waals surface area contributed by atoms with Crippen LogP contribution < -0.4 is 11.1 Å². The smallest absolute Gasteiger partial charge is 0.249 e. The van der Waals surface area contributed by atoms with E-state index in [1.165, 1.54) is 0 Å². The second-order valence-corrected chi connectivity index (χ2v) is 7.02. The number of nitrogens with two attached hydrogens (primary N) is 1. The quantitative estimate of drug-likeness (QED) is 0.660. The molecule has 1 amide bonds. The van der Waals surface area contributed by atoms with Crippen LogP contribution in [0.5, 0.6) is 0 Å². The zero-order chi connectivity index (χ0) is 19.4. The van der Waals surface area contributed by atoms with Crippen LogP contribution in [0.2, 0.25) is 0 Å². The van der Waals surface area contributed by atoms with Crippen molar-refractivity contribution in [3.63, 3.8) is 0 Å². The summed E-state index contributed by atoms with van der Waals surface area (Å²) in [5, 5.41) is 11.8. The summed E-state index contributed by atoms with van der Waals surface area (Å²) in [7, 11) is 0. The minimum atomic E-state index is -0.477. The Bertz CT molecular complexity index is 930. The van der Waals surface area contributed by atoms with Gasteiger partial charge in [0.2, 0.25) is 5.91 Å². The van der Waals surface area contributed by atoms with Crippen molar-refractivity contribution >= 4 is 17.4 Å². The van der Waals surface area contributed by atoms with Crippen molar-refractivity contribution in [2.75, 3.05) is 5.32 Å². The Morgan fingerprint density at radius 3 is 2.56 bits per heavy atom. The first kappa shape index (κ1) is 18.6. The fourth-order valence-corrected chi connectivity index (χ4v) is 2.97. The van der Waals surface area contributed by atoms with E-state index in [0.29, 0.717) is 23.7 Å². The van der Waals surface area contributed by atoms with Gasteiger partial charge in [0.15, 0.2) is 5.82 Å². The molecular formula is C21H24N4O2. The summed E-state index contributed by atoms with van der Waals surface area (Å²) >= 11 is 0. The predicted molar refractivity (Wildman–Crippen MR) is 105 cm³/mol. The average Bonchev–Trinajstić information content (AvgIpc) is 3.02. The summed E-state index contributed by atoms with van der Waals surface area (Å²) in [5.74, 6) is 2.25. The van der Waals surface area contributed by atoms with Crippen molar-refractivity contribution in [2.45, 2.75) is 33.6 Å². The molecule has 3 N–H and O–H groups in total. The van der Waals surface area contributed by atoms with Crippen molar-refractivity contribution in [1.29, 1.82) is 0 Å². The van der Waals surface area contributed by atoms with E-state index in [4.69, 9.17) is 10.2 Å². The number of hydrogen-bond acceptors (Lipinski definition) is 5. The van der Waals surface area contributed by atoms with Gasteiger partial charge in [0, 0.05) is 17.7 Å². The number of primary amides is 1. The zero-order valence-electron chi connectivity index (χ0n) is 15.8. The summed E-state index contributed by atoms with van der Waals surface area (Å²) in [4.78, 5) is 11.9. The second-order valence-electron chi connectivity index (χ2n) is 7.02. The molecule has 3 aromatic rings. The number of carbonyl (C=O) groups is 1. The van der Waals surface area contributed by atoms with E-state index in [1.807, 2.05) is 37.3 Å². The number of aromatic nitrogens is 2. The zero-order valence-corrected chi connectivity index (χ0v) is 15.8. The topological polar surface area (TPSA) is 94.0 Å². The molecule has 6 heteroatoms. The lowest BCUT2D eigenvalue weighted by atomic mass is 10.0. The van der Waals surface area contributed by atoms with Gasteiger partial charge in [-0.25, -0.2) is 0 Å². The number of aryl methyl sites for hydroxylation is 1. The maximum Gasteiger partial charge on any atom is 0.249 e. The Morgan fingerprint density at radius 2 is 1.96 bits per heavy atom. The third kappa shape index (κ3) is 4.73. The molecule has 6 nitrogen and oxygen atoms in total. The Balaban J connectivity index is 1.90. The van der Waals surface area contributed by atoms with Gasteiger partial charge in [-0.2, -0.15) is 5.10 Å². The monoisotopic (exact) mass is 364 g/mol. The number of amides is 1. The minimum absolute atomic E-state index is 0.453. The van der Waals surface area contributed by atoms with Gasteiger partial charge in [-0.1, -0.05) is 19.9 Å². The van der Waals surface area contributed by atoms with Gasteiger partial charge in [-0.15, -0.1) is 5.10 Å². The molecule has 140 valence electrons. The molecule has 0 unspecified atom stereocenters. The number of rotatable bonds is 7. The van der Waals surface area contributed by atoms with Crippen LogP contribution in [0.15, 0.2) is 46.9 Å². The first-order valence-corrected chi connectivity index (χ1v) is 8.99. The van der Waals surface area contributed by atoms with Gasteiger partial charge in [-0.05, 0) is 61.2 Å². The Hall–Kier alpha value is -3.15. The lowest BCUT2D eigenvalue weighted by Gasteiger charge is -2.14. The van der Waals surface area contributed by atoms with Crippen molar-refractivity contribution in [3.8, 4) is 0 Å². The van der Waals surface area contributed by atoms with Gasteiger partial charge < -0.3 is 15.5 Å². The van der Waals surface area contributed by atoms with E-state index in [1.54, 1.807) is 12.1 Å². The predicted octanol–water partition coefficient (Wildman–Crippen LogP) is 4.01. The second kappa shape index (κ2) is 8.03. The lowest BCUT2D eigenvalue weighted by Crippen LogP contribution is -2.15. The highest BCUT2D eigenvalue weighted by Crippen LogP contribution is 2.26. The summed E-state index contributed by atoms with van der Waals surface area (Å²) in [5.41, 5.74) is 8.51. The maximum atomic E-state index is 11.9. The Morgan fingerprint density at radius 1 is 1.15 bits per heavy atom. The Kier molecular flexibility index (Phi) is 5.54. The molecule has 1 aromatic carbocycles. The molecular weight excluding hydrogens is 340 g/mol. The molecule has 0 spiro atoms. The molecule has 27 heavy (non-hydrogen) atoms. The van der Waals surface area contributed by atoms with Crippen LogP contribution in [0.25, 0.3) is 0 Å². The van der Waals surface area contributed by atoms with Crippen LogP contribution in [0, 0.1) is 12.8 Å². The molecule has 0 bridgehead atoms. The van der Waals surface area contributed by atoms with Gasteiger partial charge in [0.1, 0.15) is 11.5 Å². The average molecular weight is 364 g/mol. The molecule has 0 radical (unpaired) electrons. The highest BCUT2D eigenvalue weighted by molar-refractivity contribution is 5.96. The summed E-state index contributed by atoms with van der Waals surface area (Å²) < 4.78 is 5.67. The molecule has 2 aromatic heterocycles. The summed E-state index contributed by atoms with van der Waals surface area (Å²) in [6.45, 7) is 6.18. The van der Waals surface area contributed by atoms with Crippen LogP contribution >= 0.6 is 0 Å². The molecule has 0 fully saturated rings. The largest absolute Gasteiger partial charge is 0.466 e. The number of hydrogen-bond donors (Lipinski definition) is 2. The first-order valence-electron chi connectivity index (χ1n) is 8.99. The van der Waals surface area contributed by atoms with Gasteiger partial charge in [0.25, 0.3) is 0 Å². The molecule has 0 aliphatic rings. The van der Waals surface area contributed by atoms with Crippen LogP contribution in [-0.4, -0.2) is 16.1 Å². The number of furan rings is 1. The van der Waals surface area contributed by atoms with Crippen LogP contribution in [0.3, 0.4) is 0 Å². The van der Waals surface area contributed by atoms with Gasteiger partial charge >= 0.3 is 0 Å². The fourth-order valence-electron chi connectivity index (χ4n) is 2.97. The van der Waals surface area contributed by atoms with E-state index in [0.717, 1.165) is 34.9 Å². The maximum absolute atomic E-state index is 11.9. The first-order chi connectivity index (χ1) is 12.9. The number of benzene rings is 1. The minimum Gasteiger partial charge on any atom is -0.466 e. The van der Waals surface area contributed by atoms with Crippen LogP contribution in [0.1, 0.15) is 47.0 Å². The third-order valence-electron chi connectivity index (χ3n) is 4.19. The standard InChI is InChI=1S/C21H24N4O2/c1-13(2)11-15-8-10-20(25-24-15)23-19-6-4-5-17(21(22)26)18(19)12-16-9-7-14(3)27-16/h4-10,13H,11-12H2,1-3H3,(H2,22,26)(H,23,25). The SMILES string of the molecule is Cc1ccc(Cc2c(Nc3ccc(CC(C)C)nn3)cccc2C(N)=O)o1. The molecule has 0 saturated heterocycles. The number of carbonyl (C=O) groups excluding carboxylic acids is 1. The molecule has 0 aliphatic heterocycles. The normalized spacial score (nSPS) is 11.0. The van der Waals surface area contributed by atoms with E-state index in [-0.39, 0.29) is 0 Å². The molecule has 0 atom stereocenters. The summed E-state index contributed by atoms with van der Waals surface area (Å²) in [6, 6.07) is 13.0. The third-order valence-corrected chi connectivity index (χ3v) is 4.19. The summed E-state index contributed by atoms with van der Waals surface area (Å²) in [6.07, 6.45) is 1.34. The van der Waals surface area contributed by atoms with E-state index >= 15 is 0 Å². The highest BCUT2D eigenvalue weighted by atomic mass is 16.3. The highest BCUT2D eigenvalue weighted by Gasteiger charge is 2.15. The van der Waals surface area contributed by atoms with E-state index in [9.17, 15) is 4.79 Å². The number of nitrogens with one attached hydrogen (secondary N) is 1. The molecule has 2 heterocycles. The van der Waals surface area contributed by atoms with E-state index in [2.05, 4.69) is 29.4 Å². The van der Waals surface area contributed by atoms with E-state index < -0.39 is 5.91 Å². The number of anilines is 2. The molecule has 0 aliphatic carbocycles. The fraction of sp³-hybridized carbons (Fsp3) is 0.286. The molecule has 3 rings (SSSR count). The Labute approximate surface area is 158 Å². The van der Waals surface area contributed by atoms with Crippen molar-refractivity contribution in [2.24, 2.45) is 11.7 Å². The van der Waals surface area contributed by atoms with Gasteiger partial charge in [0.05, 0.1) is 5.69 Å². The lowest BCUT2D eigenvalue weighted by molar-refractivity contribution is 0.0999. The van der Waals surface area contributed by atoms with Gasteiger partial charge in [-0.3, -0.25) is 4.79 Å².